The van der Waals surface area contributed by atoms with Crippen molar-refractivity contribution < 1.29 is 13.5 Å². The Bertz CT molecular complexity index is 602. The third kappa shape index (κ3) is 3.08. The number of aliphatic hydroxyl groups excluding tert-OH is 1. The smallest absolute Gasteiger partial charge is 0.241 e. The Balaban J connectivity index is 2.30. The van der Waals surface area contributed by atoms with Crippen LogP contribution < -0.4 is 4.72 Å². The molecule has 2 rings (SSSR count). The molecule has 20 heavy (non-hydrogen) atoms. The molecule has 112 valence electrons. The third-order valence-corrected chi connectivity index (χ3v) is 6.29. The Morgan fingerprint density at radius 3 is 2.85 bits per heavy atom. The maximum Gasteiger partial charge on any atom is 0.241 e. The van der Waals surface area contributed by atoms with Crippen LogP contribution >= 0.6 is 15.9 Å². The molecule has 0 unspecified atom stereocenters. The van der Waals surface area contributed by atoms with Gasteiger partial charge >= 0.3 is 0 Å². The Morgan fingerprint density at radius 1 is 1.50 bits per heavy atom. The van der Waals surface area contributed by atoms with Gasteiger partial charge in [0.05, 0.1) is 4.90 Å². The van der Waals surface area contributed by atoms with E-state index in [1.807, 2.05) is 13.0 Å². The Labute approximate surface area is 128 Å². The van der Waals surface area contributed by atoms with Gasteiger partial charge in [0.1, 0.15) is 0 Å². The summed E-state index contributed by atoms with van der Waals surface area (Å²) >= 11 is 3.31. The second-order valence-corrected chi connectivity index (χ2v) is 8.39. The maximum absolute atomic E-state index is 12.6. The largest absolute Gasteiger partial charge is 0.396 e. The van der Waals surface area contributed by atoms with E-state index in [0.717, 1.165) is 23.7 Å². The molecular formula is C14H20BrNO3S. The van der Waals surface area contributed by atoms with Gasteiger partial charge in [-0.05, 0) is 37.5 Å². The van der Waals surface area contributed by atoms with Crippen LogP contribution in [-0.4, -0.2) is 26.2 Å². The molecule has 0 amide bonds. The molecule has 1 fully saturated rings. The Kier molecular flexibility index (Phi) is 4.59. The average molecular weight is 362 g/mol. The standard InChI is InChI=1S/C14H20BrNO3S/c1-10-5-6-11(15)8-12(10)20(18,19)16-13-4-3-7-14(13,2)9-17/h5-6,8,13,16-17H,3-4,7,9H2,1-2H3/t13-,14-/m0/s1. The fourth-order valence-corrected chi connectivity index (χ4v) is 4.93. The van der Waals surface area contributed by atoms with E-state index in [4.69, 9.17) is 0 Å². The first-order chi connectivity index (χ1) is 9.28. The van der Waals surface area contributed by atoms with Gasteiger partial charge < -0.3 is 5.11 Å². The summed E-state index contributed by atoms with van der Waals surface area (Å²) in [5, 5.41) is 9.52. The minimum atomic E-state index is -3.57. The first-order valence-corrected chi connectivity index (χ1v) is 8.95. The Hall–Kier alpha value is -0.430. The number of hydrogen-bond acceptors (Lipinski definition) is 3. The molecule has 2 N–H and O–H groups in total. The monoisotopic (exact) mass is 361 g/mol. The molecule has 4 nitrogen and oxygen atoms in total. The van der Waals surface area contributed by atoms with E-state index in [0.29, 0.717) is 10.5 Å². The molecule has 1 aliphatic carbocycles. The van der Waals surface area contributed by atoms with Crippen molar-refractivity contribution in [3.05, 3.63) is 28.2 Å². The SMILES string of the molecule is Cc1ccc(Br)cc1S(=O)(=O)N[C@H]1CCC[C@@]1(C)CO. The summed E-state index contributed by atoms with van der Waals surface area (Å²) < 4.78 is 28.6. The summed E-state index contributed by atoms with van der Waals surface area (Å²) in [6, 6.07) is 5.00. The predicted octanol–water partition coefficient (Wildman–Crippen LogP) is 2.59. The lowest BCUT2D eigenvalue weighted by Crippen LogP contribution is -2.44. The quantitative estimate of drug-likeness (QED) is 0.865. The third-order valence-electron chi connectivity index (χ3n) is 4.18. The summed E-state index contributed by atoms with van der Waals surface area (Å²) in [6.45, 7) is 3.71. The van der Waals surface area contributed by atoms with Crippen LogP contribution in [-0.2, 0) is 10.0 Å². The molecule has 0 spiro atoms. The minimum absolute atomic E-state index is 0.00233. The zero-order valence-corrected chi connectivity index (χ0v) is 14.1. The van der Waals surface area contributed by atoms with E-state index >= 15 is 0 Å². The molecule has 0 radical (unpaired) electrons. The van der Waals surface area contributed by atoms with Crippen LogP contribution in [0, 0.1) is 12.3 Å². The van der Waals surface area contributed by atoms with Gasteiger partial charge in [-0.1, -0.05) is 35.3 Å². The number of benzene rings is 1. The van der Waals surface area contributed by atoms with Gasteiger partial charge in [-0.2, -0.15) is 0 Å². The van der Waals surface area contributed by atoms with Crippen LogP contribution in [0.4, 0.5) is 0 Å². The molecule has 6 heteroatoms. The summed E-state index contributed by atoms with van der Waals surface area (Å²) in [7, 11) is -3.57. The second-order valence-electron chi connectivity index (χ2n) is 5.79. The van der Waals surface area contributed by atoms with Crippen LogP contribution in [0.1, 0.15) is 31.7 Å². The van der Waals surface area contributed by atoms with Crippen LogP contribution in [0.5, 0.6) is 0 Å². The summed E-state index contributed by atoms with van der Waals surface area (Å²) in [6.07, 6.45) is 2.54. The van der Waals surface area contributed by atoms with Crippen molar-refractivity contribution in [1.29, 1.82) is 0 Å². The summed E-state index contributed by atoms with van der Waals surface area (Å²) in [5.41, 5.74) is 0.344. The van der Waals surface area contributed by atoms with Crippen molar-refractivity contribution in [3.63, 3.8) is 0 Å². The molecular weight excluding hydrogens is 342 g/mol. The van der Waals surface area contributed by atoms with E-state index in [1.54, 1.807) is 19.1 Å². The molecule has 0 heterocycles. The van der Waals surface area contributed by atoms with E-state index in [1.165, 1.54) is 0 Å². The number of rotatable bonds is 4. The van der Waals surface area contributed by atoms with E-state index in [9.17, 15) is 13.5 Å². The normalized spacial score (nSPS) is 26.9. The van der Waals surface area contributed by atoms with Gasteiger partial charge in [-0.15, -0.1) is 0 Å². The fraction of sp³-hybridized carbons (Fsp3) is 0.571. The molecule has 0 saturated heterocycles. The molecule has 0 aliphatic heterocycles. The van der Waals surface area contributed by atoms with Crippen LogP contribution in [0.3, 0.4) is 0 Å². The number of hydrogen-bond donors (Lipinski definition) is 2. The molecule has 1 saturated carbocycles. The van der Waals surface area contributed by atoms with Crippen molar-refractivity contribution in [3.8, 4) is 0 Å². The highest BCUT2D eigenvalue weighted by Gasteiger charge is 2.40. The topological polar surface area (TPSA) is 66.4 Å². The lowest BCUT2D eigenvalue weighted by atomic mass is 9.86. The lowest BCUT2D eigenvalue weighted by molar-refractivity contribution is 0.127. The molecule has 1 aromatic carbocycles. The molecule has 2 atom stereocenters. The van der Waals surface area contributed by atoms with Crippen molar-refractivity contribution in [1.82, 2.24) is 4.72 Å². The molecule has 1 aliphatic rings. The van der Waals surface area contributed by atoms with Gasteiger partial charge in [-0.25, -0.2) is 13.1 Å². The van der Waals surface area contributed by atoms with Crippen molar-refractivity contribution >= 4 is 26.0 Å². The fourth-order valence-electron chi connectivity index (χ4n) is 2.74. The van der Waals surface area contributed by atoms with Crippen LogP contribution in [0.25, 0.3) is 0 Å². The zero-order valence-electron chi connectivity index (χ0n) is 11.7. The lowest BCUT2D eigenvalue weighted by Gasteiger charge is -2.30. The Morgan fingerprint density at radius 2 is 2.20 bits per heavy atom. The van der Waals surface area contributed by atoms with E-state index in [2.05, 4.69) is 20.7 Å². The first kappa shape index (κ1) is 15.9. The van der Waals surface area contributed by atoms with Crippen molar-refractivity contribution in [2.45, 2.75) is 44.0 Å². The van der Waals surface area contributed by atoms with Crippen LogP contribution in [0.15, 0.2) is 27.6 Å². The first-order valence-electron chi connectivity index (χ1n) is 6.68. The maximum atomic E-state index is 12.6. The van der Waals surface area contributed by atoms with Gasteiger partial charge in [0.25, 0.3) is 0 Å². The molecule has 0 aromatic heterocycles. The predicted molar refractivity (Wildman–Crippen MR) is 82.0 cm³/mol. The van der Waals surface area contributed by atoms with Gasteiger partial charge in [-0.3, -0.25) is 0 Å². The number of nitrogens with one attached hydrogen (secondary N) is 1. The van der Waals surface area contributed by atoms with Crippen molar-refractivity contribution in [2.24, 2.45) is 5.41 Å². The highest BCUT2D eigenvalue weighted by Crippen LogP contribution is 2.38. The second kappa shape index (κ2) is 5.75. The van der Waals surface area contributed by atoms with Gasteiger partial charge in [0.15, 0.2) is 0 Å². The zero-order chi connectivity index (χ0) is 15.0. The number of aryl methyl sites for hydroxylation is 1. The molecule has 0 bridgehead atoms. The average Bonchev–Trinajstić information content (AvgIpc) is 2.74. The number of halogens is 1. The molecule has 1 aromatic rings. The van der Waals surface area contributed by atoms with Crippen LogP contribution in [0.2, 0.25) is 0 Å². The minimum Gasteiger partial charge on any atom is -0.396 e. The summed E-state index contributed by atoms with van der Waals surface area (Å²) in [4.78, 5) is 0.291. The highest BCUT2D eigenvalue weighted by atomic mass is 79.9. The van der Waals surface area contributed by atoms with Gasteiger partial charge in [0, 0.05) is 22.5 Å². The van der Waals surface area contributed by atoms with Crippen molar-refractivity contribution in [2.75, 3.05) is 6.61 Å². The highest BCUT2D eigenvalue weighted by molar-refractivity contribution is 9.10. The summed E-state index contributed by atoms with van der Waals surface area (Å²) in [5.74, 6) is 0. The van der Waals surface area contributed by atoms with E-state index < -0.39 is 10.0 Å². The number of sulfonamides is 1. The number of aliphatic hydroxyl groups is 1. The van der Waals surface area contributed by atoms with Gasteiger partial charge in [0.2, 0.25) is 10.0 Å². The van der Waals surface area contributed by atoms with E-state index in [-0.39, 0.29) is 18.1 Å².